The van der Waals surface area contributed by atoms with Gasteiger partial charge in [-0.2, -0.15) is 4.31 Å². The Bertz CT molecular complexity index is 566. The quantitative estimate of drug-likeness (QED) is 0.670. The SMILES string of the molecule is CN(C)CCN(CC(=O)O)S(=O)(=O)c1c(Br)nnn1C. The zero-order valence-electron chi connectivity index (χ0n) is 11.3. The van der Waals surface area contributed by atoms with Crippen molar-refractivity contribution in [2.24, 2.45) is 7.05 Å². The van der Waals surface area contributed by atoms with Crippen molar-refractivity contribution in [1.82, 2.24) is 24.2 Å². The number of carbonyl (C=O) groups is 1. The van der Waals surface area contributed by atoms with Gasteiger partial charge in [0, 0.05) is 20.1 Å². The fourth-order valence-corrected chi connectivity index (χ4v) is 3.88. The molecule has 0 saturated heterocycles. The lowest BCUT2D eigenvalue weighted by Crippen LogP contribution is -2.40. The highest BCUT2D eigenvalue weighted by molar-refractivity contribution is 9.10. The van der Waals surface area contributed by atoms with E-state index >= 15 is 0 Å². The van der Waals surface area contributed by atoms with Crippen molar-refractivity contribution in [3.8, 4) is 0 Å². The second-order valence-corrected chi connectivity index (χ2v) is 6.95. The first-order valence-electron chi connectivity index (χ1n) is 5.58. The Balaban J connectivity index is 3.14. The molecule has 0 unspecified atom stereocenters. The molecule has 1 rings (SSSR count). The van der Waals surface area contributed by atoms with E-state index in [0.29, 0.717) is 6.54 Å². The van der Waals surface area contributed by atoms with Gasteiger partial charge in [0.15, 0.2) is 4.60 Å². The van der Waals surface area contributed by atoms with Crippen LogP contribution in [0.15, 0.2) is 9.63 Å². The molecule has 1 heterocycles. The van der Waals surface area contributed by atoms with Gasteiger partial charge in [0.1, 0.15) is 6.54 Å². The molecule has 0 atom stereocenters. The number of sulfonamides is 1. The summed E-state index contributed by atoms with van der Waals surface area (Å²) in [5.74, 6) is -1.22. The minimum Gasteiger partial charge on any atom is -0.480 e. The lowest BCUT2D eigenvalue weighted by atomic mass is 10.5. The largest absolute Gasteiger partial charge is 0.480 e. The van der Waals surface area contributed by atoms with Crippen molar-refractivity contribution in [3.05, 3.63) is 4.60 Å². The molecule has 0 amide bonds. The van der Waals surface area contributed by atoms with Gasteiger partial charge >= 0.3 is 5.97 Å². The standard InChI is InChI=1S/C9H16BrN5O4S/c1-13(2)4-5-15(6-7(16)17)20(18,19)9-8(10)11-12-14(9)3/h4-6H2,1-3H3,(H,16,17). The van der Waals surface area contributed by atoms with Crippen LogP contribution in [0.1, 0.15) is 0 Å². The molecular formula is C9H16BrN5O4S. The Hall–Kier alpha value is -1.04. The minimum atomic E-state index is -3.99. The normalized spacial score (nSPS) is 12.3. The number of aromatic nitrogens is 3. The fraction of sp³-hybridized carbons (Fsp3) is 0.667. The van der Waals surface area contributed by atoms with Crippen molar-refractivity contribution in [3.63, 3.8) is 0 Å². The van der Waals surface area contributed by atoms with E-state index in [1.165, 1.54) is 7.05 Å². The summed E-state index contributed by atoms with van der Waals surface area (Å²) >= 11 is 3.01. The molecule has 0 aromatic carbocycles. The van der Waals surface area contributed by atoms with Crippen LogP contribution in [0.4, 0.5) is 0 Å². The smallest absolute Gasteiger partial charge is 0.318 e. The first-order chi connectivity index (χ1) is 9.16. The van der Waals surface area contributed by atoms with Gasteiger partial charge in [0.25, 0.3) is 10.0 Å². The number of likely N-dealkylation sites (N-methyl/N-ethyl adjacent to an activating group) is 1. The van der Waals surface area contributed by atoms with Crippen LogP contribution in [-0.4, -0.2) is 77.4 Å². The van der Waals surface area contributed by atoms with Gasteiger partial charge in [0.2, 0.25) is 5.03 Å². The van der Waals surface area contributed by atoms with Crippen LogP contribution in [0, 0.1) is 0 Å². The van der Waals surface area contributed by atoms with Crippen LogP contribution in [0.5, 0.6) is 0 Å². The fourth-order valence-electron chi connectivity index (χ4n) is 1.47. The second kappa shape index (κ2) is 6.61. The van der Waals surface area contributed by atoms with E-state index in [4.69, 9.17) is 5.11 Å². The zero-order valence-corrected chi connectivity index (χ0v) is 13.7. The Labute approximate surface area is 125 Å². The number of aryl methyl sites for hydroxylation is 1. The number of hydrogen-bond donors (Lipinski definition) is 1. The highest BCUT2D eigenvalue weighted by Crippen LogP contribution is 2.21. The van der Waals surface area contributed by atoms with Crippen LogP contribution in [0.2, 0.25) is 0 Å². The zero-order chi connectivity index (χ0) is 15.5. The van der Waals surface area contributed by atoms with Crippen molar-refractivity contribution in [2.75, 3.05) is 33.7 Å². The molecule has 20 heavy (non-hydrogen) atoms. The summed E-state index contributed by atoms with van der Waals surface area (Å²) in [5, 5.41) is 15.9. The molecule has 0 aliphatic carbocycles. The molecule has 1 aromatic rings. The average molecular weight is 370 g/mol. The Morgan fingerprint density at radius 3 is 2.40 bits per heavy atom. The summed E-state index contributed by atoms with van der Waals surface area (Å²) in [6.07, 6.45) is 0. The molecule has 1 aromatic heterocycles. The predicted molar refractivity (Wildman–Crippen MR) is 73.7 cm³/mol. The maximum absolute atomic E-state index is 12.5. The monoisotopic (exact) mass is 369 g/mol. The highest BCUT2D eigenvalue weighted by Gasteiger charge is 2.32. The molecular weight excluding hydrogens is 354 g/mol. The van der Waals surface area contributed by atoms with Gasteiger partial charge < -0.3 is 10.0 Å². The number of carboxylic acids is 1. The molecule has 0 aliphatic rings. The van der Waals surface area contributed by atoms with E-state index in [1.54, 1.807) is 19.0 Å². The molecule has 0 spiro atoms. The summed E-state index contributed by atoms with van der Waals surface area (Å²) in [6.45, 7) is -0.164. The van der Waals surface area contributed by atoms with Crippen molar-refractivity contribution < 1.29 is 18.3 Å². The van der Waals surface area contributed by atoms with E-state index in [1.807, 2.05) is 0 Å². The van der Waals surface area contributed by atoms with Gasteiger partial charge in [-0.15, -0.1) is 5.10 Å². The molecule has 11 heteroatoms. The van der Waals surface area contributed by atoms with Crippen LogP contribution >= 0.6 is 15.9 Å². The van der Waals surface area contributed by atoms with E-state index < -0.39 is 22.5 Å². The van der Waals surface area contributed by atoms with Gasteiger partial charge in [-0.1, -0.05) is 5.21 Å². The first kappa shape index (κ1) is 17.0. The molecule has 1 N–H and O–H groups in total. The highest BCUT2D eigenvalue weighted by atomic mass is 79.9. The van der Waals surface area contributed by atoms with E-state index in [2.05, 4.69) is 26.2 Å². The Morgan fingerprint density at radius 1 is 1.40 bits per heavy atom. The number of aliphatic carboxylic acids is 1. The van der Waals surface area contributed by atoms with Crippen molar-refractivity contribution in [1.29, 1.82) is 0 Å². The van der Waals surface area contributed by atoms with Gasteiger partial charge in [0.05, 0.1) is 0 Å². The van der Waals surface area contributed by atoms with Gasteiger partial charge in [-0.05, 0) is 30.0 Å². The van der Waals surface area contributed by atoms with Crippen LogP contribution in [-0.2, 0) is 21.9 Å². The lowest BCUT2D eigenvalue weighted by Gasteiger charge is -2.21. The van der Waals surface area contributed by atoms with Crippen LogP contribution in [0.25, 0.3) is 0 Å². The molecule has 0 aliphatic heterocycles. The average Bonchev–Trinajstić information content (AvgIpc) is 2.63. The maximum atomic E-state index is 12.5. The topological polar surface area (TPSA) is 109 Å². The summed E-state index contributed by atoms with van der Waals surface area (Å²) in [5.41, 5.74) is 0. The summed E-state index contributed by atoms with van der Waals surface area (Å²) < 4.78 is 27.0. The molecule has 114 valence electrons. The summed E-state index contributed by atoms with van der Waals surface area (Å²) in [6, 6.07) is 0. The number of nitrogens with zero attached hydrogens (tertiary/aromatic N) is 5. The number of halogens is 1. The number of hydrogen-bond acceptors (Lipinski definition) is 6. The van der Waals surface area contributed by atoms with Crippen molar-refractivity contribution >= 4 is 31.9 Å². The lowest BCUT2D eigenvalue weighted by molar-refractivity contribution is -0.137. The third kappa shape index (κ3) is 3.98. The second-order valence-electron chi connectivity index (χ2n) is 4.34. The number of carboxylic acid groups (broad SMARTS) is 1. The Morgan fingerprint density at radius 2 is 2.00 bits per heavy atom. The van der Waals surface area contributed by atoms with Gasteiger partial charge in [-0.3, -0.25) is 4.79 Å². The van der Waals surface area contributed by atoms with Gasteiger partial charge in [-0.25, -0.2) is 13.1 Å². The van der Waals surface area contributed by atoms with E-state index in [0.717, 1.165) is 8.99 Å². The third-order valence-corrected chi connectivity index (χ3v) is 5.16. The molecule has 0 bridgehead atoms. The third-order valence-electron chi connectivity index (χ3n) is 2.43. The van der Waals surface area contributed by atoms with Crippen LogP contribution in [0.3, 0.4) is 0 Å². The van der Waals surface area contributed by atoms with E-state index in [-0.39, 0.29) is 16.2 Å². The molecule has 0 radical (unpaired) electrons. The summed E-state index contributed by atoms with van der Waals surface area (Å²) in [7, 11) is 0.975. The van der Waals surface area contributed by atoms with E-state index in [9.17, 15) is 13.2 Å². The predicted octanol–water partition coefficient (Wildman–Crippen LogP) is -0.785. The maximum Gasteiger partial charge on any atom is 0.318 e. The summed E-state index contributed by atoms with van der Waals surface area (Å²) in [4.78, 5) is 12.6. The molecule has 9 nitrogen and oxygen atoms in total. The van der Waals surface area contributed by atoms with Crippen molar-refractivity contribution in [2.45, 2.75) is 5.03 Å². The Kier molecular flexibility index (Phi) is 5.62. The first-order valence-corrected chi connectivity index (χ1v) is 7.81. The molecule has 0 saturated carbocycles. The number of rotatable bonds is 7. The van der Waals surface area contributed by atoms with Crippen LogP contribution < -0.4 is 0 Å². The minimum absolute atomic E-state index is 0.0548. The molecule has 0 fully saturated rings.